The lowest BCUT2D eigenvalue weighted by Gasteiger charge is -2.38. The molecule has 0 fully saturated rings. The smallest absolute Gasteiger partial charge is 0.411 e. The number of hydrogen-bond donors (Lipinski definition) is 2. The van der Waals surface area contributed by atoms with Crippen LogP contribution in [0, 0.1) is 13.8 Å². The molecule has 14 heteroatoms. The van der Waals surface area contributed by atoms with Gasteiger partial charge in [0.05, 0.1) is 16.6 Å². The molecule has 60 heavy (non-hydrogen) atoms. The number of carbonyl (C=O) groups is 3. The minimum atomic E-state index is -1.28. The summed E-state index contributed by atoms with van der Waals surface area (Å²) in [5.41, 5.74) is 4.79. The number of benzene rings is 4. The maximum atomic E-state index is 14.1. The SMILES string of the molecule is Cc1nccc(Oc2ccc(C[C@H](NC(=O)[C@@H]3Cc4cc5c(cc4CN3C(=O)OC(C)(C)C)O[C@@H](c3cccc(OCc4ccc(Cl)c(Cl)c4)c3)CO5)C(=O)O)cc2)c1C. The number of carboxylic acid groups (broad SMARTS) is 1. The van der Waals surface area contributed by atoms with E-state index in [1.54, 1.807) is 69.4 Å². The number of aromatic nitrogens is 1. The van der Waals surface area contributed by atoms with Crippen LogP contribution in [0.3, 0.4) is 0 Å². The first kappa shape index (κ1) is 42.2. The quantitative estimate of drug-likeness (QED) is 0.132. The highest BCUT2D eigenvalue weighted by molar-refractivity contribution is 6.42. The van der Waals surface area contributed by atoms with E-state index < -0.39 is 41.8 Å². The fourth-order valence-corrected chi connectivity index (χ4v) is 7.24. The van der Waals surface area contributed by atoms with Crippen molar-refractivity contribution in [1.29, 1.82) is 0 Å². The summed E-state index contributed by atoms with van der Waals surface area (Å²) < 4.78 is 30.5. The molecule has 0 unspecified atom stereocenters. The van der Waals surface area contributed by atoms with Crippen LogP contribution in [0.5, 0.6) is 28.7 Å². The molecular weight excluding hydrogens is 809 g/mol. The van der Waals surface area contributed by atoms with Crippen LogP contribution in [0.15, 0.2) is 91.1 Å². The van der Waals surface area contributed by atoms with Crippen molar-refractivity contribution in [2.24, 2.45) is 0 Å². The Morgan fingerprint density at radius 1 is 0.917 bits per heavy atom. The van der Waals surface area contributed by atoms with Gasteiger partial charge in [-0.25, -0.2) is 9.59 Å². The van der Waals surface area contributed by atoms with Gasteiger partial charge in [-0.05, 0) is 117 Å². The molecule has 7 rings (SSSR count). The van der Waals surface area contributed by atoms with Gasteiger partial charge in [0.25, 0.3) is 0 Å². The van der Waals surface area contributed by atoms with Gasteiger partial charge < -0.3 is 34.1 Å². The number of rotatable bonds is 11. The average Bonchev–Trinajstić information content (AvgIpc) is 3.21. The first-order valence-corrected chi connectivity index (χ1v) is 20.2. The zero-order chi connectivity index (χ0) is 42.7. The minimum Gasteiger partial charge on any atom is -0.489 e. The summed E-state index contributed by atoms with van der Waals surface area (Å²) in [5, 5.41) is 13.8. The van der Waals surface area contributed by atoms with Crippen LogP contribution in [0.25, 0.3) is 0 Å². The standard InChI is InChI=1S/C46H45Cl2N3O9/c1-26-27(2)49-16-15-39(26)58-33-12-9-28(10-13-33)18-37(44(53)54)50-43(52)38-20-31-21-40-41(22-32(31)23-51(38)45(55)60-46(3,4)5)59-42(25-57-40)30-7-6-8-34(19-30)56-24-29-11-14-35(47)36(48)17-29/h6-17,19,21-22,37-38,42H,18,20,23-25H2,1-5H3,(H,50,52)(H,53,54)/t37-,38-,42+/m0/s1. The van der Waals surface area contributed by atoms with Crippen molar-refractivity contribution < 1.29 is 43.2 Å². The zero-order valence-corrected chi connectivity index (χ0v) is 35.3. The number of hydrogen-bond acceptors (Lipinski definition) is 9. The number of carbonyl (C=O) groups excluding carboxylic acids is 2. The number of nitrogens with one attached hydrogen (secondary N) is 1. The van der Waals surface area contributed by atoms with Gasteiger partial charge in [0.15, 0.2) is 17.6 Å². The number of carboxylic acids is 1. The second-order valence-electron chi connectivity index (χ2n) is 15.8. The number of fused-ring (bicyclic) bond motifs is 2. The topological polar surface area (TPSA) is 146 Å². The van der Waals surface area contributed by atoms with E-state index in [2.05, 4.69) is 10.3 Å². The van der Waals surface area contributed by atoms with Gasteiger partial charge in [-0.15, -0.1) is 0 Å². The molecule has 3 heterocycles. The van der Waals surface area contributed by atoms with Crippen molar-refractivity contribution in [1.82, 2.24) is 15.2 Å². The van der Waals surface area contributed by atoms with Crippen LogP contribution < -0.4 is 24.3 Å². The van der Waals surface area contributed by atoms with E-state index in [9.17, 15) is 19.5 Å². The number of ether oxygens (including phenoxy) is 5. The summed E-state index contributed by atoms with van der Waals surface area (Å²) >= 11 is 12.2. The van der Waals surface area contributed by atoms with Crippen LogP contribution in [0.4, 0.5) is 4.79 Å². The van der Waals surface area contributed by atoms with Gasteiger partial charge in [0.1, 0.15) is 48.1 Å². The summed E-state index contributed by atoms with van der Waals surface area (Å²) in [5.74, 6) is 1.00. The summed E-state index contributed by atoms with van der Waals surface area (Å²) in [6.45, 7) is 9.56. The van der Waals surface area contributed by atoms with Crippen LogP contribution in [0.2, 0.25) is 10.0 Å². The zero-order valence-electron chi connectivity index (χ0n) is 33.8. The summed E-state index contributed by atoms with van der Waals surface area (Å²) in [7, 11) is 0. The van der Waals surface area contributed by atoms with Gasteiger partial charge in [-0.3, -0.25) is 14.7 Å². The van der Waals surface area contributed by atoms with E-state index in [1.165, 1.54) is 4.90 Å². The molecular formula is C46H45Cl2N3O9. The van der Waals surface area contributed by atoms with Crippen LogP contribution in [-0.4, -0.2) is 57.3 Å². The molecule has 3 atom stereocenters. The molecule has 2 N–H and O–H groups in total. The van der Waals surface area contributed by atoms with Crippen LogP contribution in [-0.2, 0) is 40.3 Å². The van der Waals surface area contributed by atoms with E-state index in [4.69, 9.17) is 46.9 Å². The molecule has 5 aromatic rings. The summed E-state index contributed by atoms with van der Waals surface area (Å²) in [6, 6.07) is 22.9. The van der Waals surface area contributed by atoms with E-state index in [1.807, 2.05) is 56.3 Å². The highest BCUT2D eigenvalue weighted by atomic mass is 35.5. The minimum absolute atomic E-state index is 0.00337. The first-order chi connectivity index (χ1) is 28.6. The summed E-state index contributed by atoms with van der Waals surface area (Å²) in [4.78, 5) is 45.9. The monoisotopic (exact) mass is 853 g/mol. The maximum absolute atomic E-state index is 14.1. The third kappa shape index (κ3) is 10.1. The van der Waals surface area contributed by atoms with Crippen molar-refractivity contribution >= 4 is 41.2 Å². The van der Waals surface area contributed by atoms with Gasteiger partial charge in [0, 0.05) is 30.3 Å². The molecule has 0 spiro atoms. The average molecular weight is 855 g/mol. The van der Waals surface area contributed by atoms with Gasteiger partial charge >= 0.3 is 12.1 Å². The number of nitrogens with zero attached hydrogens (tertiary/aromatic N) is 2. The van der Waals surface area contributed by atoms with E-state index in [0.29, 0.717) is 51.0 Å². The van der Waals surface area contributed by atoms with Gasteiger partial charge in [0.2, 0.25) is 5.91 Å². The number of amides is 2. The molecule has 4 aromatic carbocycles. The molecule has 1 aromatic heterocycles. The first-order valence-electron chi connectivity index (χ1n) is 19.4. The highest BCUT2D eigenvalue weighted by Gasteiger charge is 2.39. The largest absolute Gasteiger partial charge is 0.489 e. The second-order valence-corrected chi connectivity index (χ2v) is 16.6. The number of pyridine rings is 1. The second kappa shape index (κ2) is 17.7. The molecule has 312 valence electrons. The van der Waals surface area contributed by atoms with Crippen molar-refractivity contribution in [3.05, 3.63) is 140 Å². The Labute approximate surface area is 358 Å². The number of halogens is 2. The molecule has 0 aliphatic carbocycles. The molecule has 0 bridgehead atoms. The van der Waals surface area contributed by atoms with E-state index in [0.717, 1.165) is 33.5 Å². The molecule has 0 saturated carbocycles. The lowest BCUT2D eigenvalue weighted by Crippen LogP contribution is -2.56. The molecule has 2 amide bonds. The van der Waals surface area contributed by atoms with E-state index >= 15 is 0 Å². The lowest BCUT2D eigenvalue weighted by molar-refractivity contribution is -0.142. The Balaban J connectivity index is 1.05. The molecule has 2 aliphatic rings. The molecule has 12 nitrogen and oxygen atoms in total. The number of aryl methyl sites for hydroxylation is 1. The summed E-state index contributed by atoms with van der Waals surface area (Å²) in [6.07, 6.45) is 0.593. The highest BCUT2D eigenvalue weighted by Crippen LogP contribution is 2.41. The fourth-order valence-electron chi connectivity index (χ4n) is 6.91. The van der Waals surface area contributed by atoms with Crippen LogP contribution in [0.1, 0.15) is 65.9 Å². The molecule has 0 saturated heterocycles. The Hall–Kier alpha value is -5.98. The molecule has 2 aliphatic heterocycles. The van der Waals surface area contributed by atoms with Crippen molar-refractivity contribution in [3.8, 4) is 28.7 Å². The third-order valence-electron chi connectivity index (χ3n) is 10.2. The van der Waals surface area contributed by atoms with Crippen molar-refractivity contribution in [3.63, 3.8) is 0 Å². The maximum Gasteiger partial charge on any atom is 0.411 e. The fraction of sp³-hybridized carbons (Fsp3) is 0.304. The van der Waals surface area contributed by atoms with E-state index in [-0.39, 0.29) is 26.0 Å². The van der Waals surface area contributed by atoms with Crippen molar-refractivity contribution in [2.45, 2.75) is 84.4 Å². The Kier molecular flexibility index (Phi) is 12.4. The van der Waals surface area contributed by atoms with Gasteiger partial charge in [-0.1, -0.05) is 53.5 Å². The predicted octanol–water partition coefficient (Wildman–Crippen LogP) is 9.36. The van der Waals surface area contributed by atoms with Crippen LogP contribution >= 0.6 is 23.2 Å². The number of aliphatic carboxylic acids is 1. The Morgan fingerprint density at radius 2 is 1.67 bits per heavy atom. The lowest BCUT2D eigenvalue weighted by atomic mass is 9.92. The Bertz CT molecular complexity index is 2420. The normalized spacial score (nSPS) is 16.3. The molecule has 0 radical (unpaired) electrons. The third-order valence-corrected chi connectivity index (χ3v) is 11.0. The van der Waals surface area contributed by atoms with Crippen molar-refractivity contribution in [2.75, 3.05) is 6.61 Å². The Morgan fingerprint density at radius 3 is 2.40 bits per heavy atom. The predicted molar refractivity (Wildman–Crippen MR) is 225 cm³/mol. The van der Waals surface area contributed by atoms with Gasteiger partial charge in [-0.2, -0.15) is 0 Å².